The summed E-state index contributed by atoms with van der Waals surface area (Å²) in [7, 11) is 3.16. The van der Waals surface area contributed by atoms with Crippen LogP contribution in [0.3, 0.4) is 0 Å². The lowest BCUT2D eigenvalue weighted by Crippen LogP contribution is -2.20. The first-order chi connectivity index (χ1) is 12.1. The van der Waals surface area contributed by atoms with Gasteiger partial charge in [0.2, 0.25) is 5.91 Å². The van der Waals surface area contributed by atoms with Crippen LogP contribution in [-0.2, 0) is 4.79 Å². The third-order valence-corrected chi connectivity index (χ3v) is 4.71. The van der Waals surface area contributed by atoms with Crippen molar-refractivity contribution >= 4 is 38.9 Å². The molecule has 1 aliphatic rings. The number of anilines is 1. The largest absolute Gasteiger partial charge is 0.493 e. The smallest absolute Gasteiger partial charge is 0.237 e. The molecule has 6 heteroatoms. The Bertz CT molecular complexity index is 831. The second kappa shape index (κ2) is 7.27. The zero-order valence-corrected chi connectivity index (χ0v) is 15.9. The molecule has 1 heterocycles. The zero-order valence-electron chi connectivity index (χ0n) is 14.3. The Kier molecular flexibility index (Phi) is 5.08. The summed E-state index contributed by atoms with van der Waals surface area (Å²) in [4.78, 5) is 17.3. The molecule has 0 spiro atoms. The number of carbonyl (C=O) groups excluding carboxylic acids is 1. The number of aliphatic imine (C=N–C) groups is 1. The fourth-order valence-electron chi connectivity index (χ4n) is 2.95. The fraction of sp³-hybridized carbons (Fsp3) is 0.263. The van der Waals surface area contributed by atoms with Crippen molar-refractivity contribution in [1.29, 1.82) is 0 Å². The van der Waals surface area contributed by atoms with Crippen LogP contribution in [0.2, 0.25) is 0 Å². The molecule has 0 saturated heterocycles. The Morgan fingerprint density at radius 1 is 1.16 bits per heavy atom. The van der Waals surface area contributed by atoms with Crippen molar-refractivity contribution in [2.75, 3.05) is 19.5 Å². The monoisotopic (exact) mass is 402 g/mol. The average Bonchev–Trinajstić information content (AvgIpc) is 2.94. The number of benzene rings is 2. The van der Waals surface area contributed by atoms with Gasteiger partial charge in [0.1, 0.15) is 5.92 Å². The van der Waals surface area contributed by atoms with E-state index in [1.165, 1.54) is 0 Å². The highest BCUT2D eigenvalue weighted by Crippen LogP contribution is 2.42. The van der Waals surface area contributed by atoms with Crippen molar-refractivity contribution in [2.45, 2.75) is 19.3 Å². The molecule has 2 aromatic carbocycles. The Labute approximate surface area is 155 Å². The normalized spacial score (nSPS) is 16.4. The Morgan fingerprint density at radius 2 is 1.80 bits per heavy atom. The highest BCUT2D eigenvalue weighted by Gasteiger charge is 2.35. The molecular formula is C19H19BrN2O3. The third kappa shape index (κ3) is 3.39. The lowest BCUT2D eigenvalue weighted by atomic mass is 9.93. The van der Waals surface area contributed by atoms with E-state index >= 15 is 0 Å². The number of nitrogens with zero attached hydrogens (tertiary/aromatic N) is 1. The molecule has 2 aromatic rings. The number of methoxy groups -OCH3 is 2. The molecule has 0 aromatic heterocycles. The quantitative estimate of drug-likeness (QED) is 0.738. The van der Waals surface area contributed by atoms with Crippen LogP contribution >= 0.6 is 15.9 Å². The van der Waals surface area contributed by atoms with Gasteiger partial charge in [0.25, 0.3) is 0 Å². The van der Waals surface area contributed by atoms with Crippen molar-refractivity contribution in [3.63, 3.8) is 0 Å². The van der Waals surface area contributed by atoms with Gasteiger partial charge in [-0.15, -0.1) is 0 Å². The summed E-state index contributed by atoms with van der Waals surface area (Å²) in [6.07, 6.45) is 0.669. The number of carbonyl (C=O) groups is 1. The van der Waals surface area contributed by atoms with E-state index < -0.39 is 5.92 Å². The number of nitrogens with one attached hydrogen (secondary N) is 1. The van der Waals surface area contributed by atoms with E-state index in [1.54, 1.807) is 20.3 Å². The van der Waals surface area contributed by atoms with E-state index in [0.717, 1.165) is 27.1 Å². The maximum absolute atomic E-state index is 12.6. The lowest BCUT2D eigenvalue weighted by molar-refractivity contribution is -0.115. The number of hydrogen-bond donors (Lipinski definition) is 1. The van der Waals surface area contributed by atoms with Gasteiger partial charge >= 0.3 is 0 Å². The van der Waals surface area contributed by atoms with Crippen molar-refractivity contribution in [2.24, 2.45) is 4.99 Å². The third-order valence-electron chi connectivity index (χ3n) is 4.18. The van der Waals surface area contributed by atoms with Crippen molar-refractivity contribution in [3.05, 3.63) is 46.4 Å². The first-order valence-corrected chi connectivity index (χ1v) is 8.76. The van der Waals surface area contributed by atoms with Crippen LogP contribution < -0.4 is 14.8 Å². The van der Waals surface area contributed by atoms with Crippen molar-refractivity contribution < 1.29 is 14.3 Å². The number of halogens is 1. The van der Waals surface area contributed by atoms with Gasteiger partial charge in [0.15, 0.2) is 11.5 Å². The molecule has 0 aliphatic carbocycles. The molecular weight excluding hydrogens is 384 g/mol. The highest BCUT2D eigenvalue weighted by molar-refractivity contribution is 9.10. The second-order valence-corrected chi connectivity index (χ2v) is 6.57. The number of hydrogen-bond acceptors (Lipinski definition) is 4. The summed E-state index contributed by atoms with van der Waals surface area (Å²) < 4.78 is 11.7. The molecule has 1 atom stereocenters. The molecule has 0 bridgehead atoms. The molecule has 1 amide bonds. The van der Waals surface area contributed by atoms with Crippen LogP contribution in [0.25, 0.3) is 0 Å². The van der Waals surface area contributed by atoms with Gasteiger partial charge in [-0.25, -0.2) is 0 Å². The first kappa shape index (κ1) is 17.5. The summed E-state index contributed by atoms with van der Waals surface area (Å²) in [5.74, 6) is 0.679. The first-order valence-electron chi connectivity index (χ1n) is 7.97. The average molecular weight is 403 g/mol. The van der Waals surface area contributed by atoms with Gasteiger partial charge < -0.3 is 14.8 Å². The van der Waals surface area contributed by atoms with E-state index in [-0.39, 0.29) is 5.91 Å². The summed E-state index contributed by atoms with van der Waals surface area (Å²) in [6, 6.07) is 11.3. The molecule has 1 unspecified atom stereocenters. The van der Waals surface area contributed by atoms with Gasteiger partial charge in [-0.1, -0.05) is 22.9 Å². The molecule has 25 heavy (non-hydrogen) atoms. The lowest BCUT2D eigenvalue weighted by Gasteiger charge is -2.14. The van der Waals surface area contributed by atoms with Gasteiger partial charge in [-0.3, -0.25) is 9.79 Å². The Hall–Kier alpha value is -2.34. The van der Waals surface area contributed by atoms with Gasteiger partial charge in [-0.05, 0) is 42.3 Å². The van der Waals surface area contributed by atoms with Crippen molar-refractivity contribution in [3.8, 4) is 11.5 Å². The van der Waals surface area contributed by atoms with Crippen LogP contribution in [-0.4, -0.2) is 25.8 Å². The maximum Gasteiger partial charge on any atom is 0.237 e. The molecule has 5 nitrogen and oxygen atoms in total. The minimum absolute atomic E-state index is 0.0805. The summed E-state index contributed by atoms with van der Waals surface area (Å²) in [5.41, 5.74) is 3.23. The topological polar surface area (TPSA) is 59.9 Å². The Morgan fingerprint density at radius 3 is 2.40 bits per heavy atom. The minimum Gasteiger partial charge on any atom is -0.493 e. The number of rotatable bonds is 5. The van der Waals surface area contributed by atoms with E-state index in [4.69, 9.17) is 14.5 Å². The number of fused-ring (bicyclic) bond motifs is 1. The van der Waals surface area contributed by atoms with E-state index in [1.807, 2.05) is 37.3 Å². The molecule has 0 fully saturated rings. The summed E-state index contributed by atoms with van der Waals surface area (Å²) >= 11 is 3.42. The van der Waals surface area contributed by atoms with Crippen molar-refractivity contribution in [1.82, 2.24) is 0 Å². The van der Waals surface area contributed by atoms with Gasteiger partial charge in [0.05, 0.1) is 19.9 Å². The standard InChI is InChI=1S/C19H19BrN2O3/c1-4-14(21-12-7-5-11(20)6-8-12)18-13-9-16(24-2)17(25-3)10-15(13)22-19(18)23/h5-10,18H,4H2,1-3H3,(H,22,23). The van der Waals surface area contributed by atoms with Crippen LogP contribution in [0.15, 0.2) is 45.9 Å². The highest BCUT2D eigenvalue weighted by atomic mass is 79.9. The van der Waals surface area contributed by atoms with E-state index in [0.29, 0.717) is 17.9 Å². The fourth-order valence-corrected chi connectivity index (χ4v) is 3.21. The van der Waals surface area contributed by atoms with Crippen LogP contribution in [0.4, 0.5) is 11.4 Å². The molecule has 1 aliphatic heterocycles. The van der Waals surface area contributed by atoms with Crippen LogP contribution in [0, 0.1) is 0 Å². The number of amides is 1. The molecule has 0 radical (unpaired) electrons. The van der Waals surface area contributed by atoms with Gasteiger partial charge in [-0.2, -0.15) is 0 Å². The summed E-state index contributed by atoms with van der Waals surface area (Å²) in [6.45, 7) is 2.00. The van der Waals surface area contributed by atoms with E-state index in [2.05, 4.69) is 21.2 Å². The minimum atomic E-state index is -0.427. The van der Waals surface area contributed by atoms with E-state index in [9.17, 15) is 4.79 Å². The predicted molar refractivity (Wildman–Crippen MR) is 102 cm³/mol. The SMILES string of the molecule is CCC(=Nc1ccc(Br)cc1)C1C(=O)Nc2cc(OC)c(OC)cc21. The second-order valence-electron chi connectivity index (χ2n) is 5.65. The zero-order chi connectivity index (χ0) is 18.0. The molecule has 1 N–H and O–H groups in total. The summed E-state index contributed by atoms with van der Waals surface area (Å²) in [5, 5.41) is 2.92. The van der Waals surface area contributed by atoms with Gasteiger partial charge in [0, 0.05) is 21.9 Å². The molecule has 3 rings (SSSR count). The predicted octanol–water partition coefficient (Wildman–Crippen LogP) is 4.68. The molecule has 130 valence electrons. The van der Waals surface area contributed by atoms with Crippen LogP contribution in [0.5, 0.6) is 11.5 Å². The van der Waals surface area contributed by atoms with Crippen LogP contribution in [0.1, 0.15) is 24.8 Å². The maximum atomic E-state index is 12.6. The number of ether oxygens (including phenoxy) is 2. The Balaban J connectivity index is 2.05. The molecule has 0 saturated carbocycles.